The molecule has 0 saturated heterocycles. The Morgan fingerprint density at radius 3 is 2.24 bits per heavy atom. The monoisotopic (exact) mass is 496 g/mol. The highest BCUT2D eigenvalue weighted by Crippen LogP contribution is 2.32. The lowest BCUT2D eigenvalue weighted by Crippen LogP contribution is -2.17. The molecule has 0 unspecified atom stereocenters. The first-order chi connectivity index (χ1) is 16.1. The van der Waals surface area contributed by atoms with Crippen LogP contribution in [0.25, 0.3) is 16.8 Å². The van der Waals surface area contributed by atoms with Gasteiger partial charge in [-0.3, -0.25) is 0 Å². The van der Waals surface area contributed by atoms with E-state index in [0.29, 0.717) is 5.39 Å². The Labute approximate surface area is 199 Å². The maximum Gasteiger partial charge on any atom is 0.339 e. The summed E-state index contributed by atoms with van der Waals surface area (Å²) >= 11 is 0. The minimum absolute atomic E-state index is 0.0283. The second-order valence-electron chi connectivity index (χ2n) is 8.15. The Morgan fingerprint density at radius 2 is 1.59 bits per heavy atom. The van der Waals surface area contributed by atoms with Crippen molar-refractivity contribution in [1.82, 2.24) is 8.96 Å². The normalized spacial score (nSPS) is 12.9. The second-order valence-corrected chi connectivity index (χ2v) is 11.5. The number of hydrogen-bond acceptors (Lipinski definition) is 6. The summed E-state index contributed by atoms with van der Waals surface area (Å²) in [5, 5.41) is 0.531. The Bertz CT molecular complexity index is 1570. The van der Waals surface area contributed by atoms with Crippen LogP contribution in [0.5, 0.6) is 0 Å². The number of hydrogen-bond donors (Lipinski definition) is 0. The van der Waals surface area contributed by atoms with Gasteiger partial charge in [-0.05, 0) is 61.4 Å². The van der Waals surface area contributed by atoms with Crippen molar-refractivity contribution >= 4 is 36.9 Å². The van der Waals surface area contributed by atoms with E-state index in [1.807, 2.05) is 20.8 Å². The third-order valence-electron chi connectivity index (χ3n) is 5.05. The number of allylic oxidation sites excluding steroid dienone is 1. The molecule has 176 valence electrons. The van der Waals surface area contributed by atoms with Gasteiger partial charge in [0.2, 0.25) is 0 Å². The van der Waals surface area contributed by atoms with E-state index in [0.717, 1.165) is 9.54 Å². The standard InChI is InChI=1S/C25H24N2O5S2/c1-18(2)16-24(32-34(30,31)22-13-11-19(3)12-14-22)23-17-20-8-7-15-26-25(20)27(23)33(28,29)21-9-5-4-6-10-21/h4-18H,1-3H3. The predicted octanol–water partition coefficient (Wildman–Crippen LogP) is 4.98. The predicted molar refractivity (Wildman–Crippen MR) is 131 cm³/mol. The minimum Gasteiger partial charge on any atom is -0.377 e. The molecular formula is C25H24N2O5S2. The van der Waals surface area contributed by atoms with E-state index in [2.05, 4.69) is 4.98 Å². The van der Waals surface area contributed by atoms with E-state index in [1.165, 1.54) is 30.5 Å². The summed E-state index contributed by atoms with van der Waals surface area (Å²) in [5.74, 6) is -0.227. The number of pyridine rings is 1. The van der Waals surface area contributed by atoms with E-state index in [4.69, 9.17) is 4.18 Å². The highest BCUT2D eigenvalue weighted by atomic mass is 32.2. The fourth-order valence-electron chi connectivity index (χ4n) is 3.45. The molecule has 2 heterocycles. The van der Waals surface area contributed by atoms with Crippen molar-refractivity contribution in [3.8, 4) is 0 Å². The second kappa shape index (κ2) is 9.08. The molecule has 0 spiro atoms. The average Bonchev–Trinajstić information content (AvgIpc) is 3.20. The highest BCUT2D eigenvalue weighted by molar-refractivity contribution is 7.90. The maximum atomic E-state index is 13.7. The van der Waals surface area contributed by atoms with Crippen LogP contribution in [0.3, 0.4) is 0 Å². The average molecular weight is 497 g/mol. The first-order valence-corrected chi connectivity index (χ1v) is 13.4. The Hall–Kier alpha value is -3.43. The van der Waals surface area contributed by atoms with Gasteiger partial charge in [0.05, 0.1) is 4.90 Å². The molecule has 0 aliphatic rings. The van der Waals surface area contributed by atoms with E-state index < -0.39 is 20.1 Å². The van der Waals surface area contributed by atoms with Crippen molar-refractivity contribution in [1.29, 1.82) is 0 Å². The van der Waals surface area contributed by atoms with E-state index >= 15 is 0 Å². The van der Waals surface area contributed by atoms with Crippen LogP contribution in [0, 0.1) is 12.8 Å². The van der Waals surface area contributed by atoms with Gasteiger partial charge in [-0.1, -0.05) is 49.7 Å². The topological polar surface area (TPSA) is 95.3 Å². The summed E-state index contributed by atoms with van der Waals surface area (Å²) < 4.78 is 60.2. The fraction of sp³-hybridized carbons (Fsp3) is 0.160. The van der Waals surface area contributed by atoms with Gasteiger partial charge in [0, 0.05) is 11.6 Å². The van der Waals surface area contributed by atoms with Gasteiger partial charge in [-0.15, -0.1) is 0 Å². The first-order valence-electron chi connectivity index (χ1n) is 10.6. The zero-order valence-corrected chi connectivity index (χ0v) is 20.5. The summed E-state index contributed by atoms with van der Waals surface area (Å²) in [5.41, 5.74) is 1.14. The molecule has 2 aromatic heterocycles. The van der Waals surface area contributed by atoms with Crippen LogP contribution in [-0.2, 0) is 24.3 Å². The number of benzene rings is 2. The lowest BCUT2D eigenvalue weighted by atomic mass is 10.2. The molecule has 0 fully saturated rings. The summed E-state index contributed by atoms with van der Waals surface area (Å²) in [6.07, 6.45) is 3.07. The summed E-state index contributed by atoms with van der Waals surface area (Å²) in [7, 11) is -8.35. The molecule has 7 nitrogen and oxygen atoms in total. The molecular weight excluding hydrogens is 472 g/mol. The van der Waals surface area contributed by atoms with Crippen molar-refractivity contribution in [3.63, 3.8) is 0 Å². The molecule has 0 bridgehead atoms. The van der Waals surface area contributed by atoms with Gasteiger partial charge in [-0.2, -0.15) is 8.42 Å². The minimum atomic E-state index is -4.23. The van der Waals surface area contributed by atoms with E-state index in [-0.39, 0.29) is 32.8 Å². The third-order valence-corrected chi connectivity index (χ3v) is 8.01. The molecule has 0 aliphatic heterocycles. The van der Waals surface area contributed by atoms with Crippen LogP contribution in [0.1, 0.15) is 25.1 Å². The number of fused-ring (bicyclic) bond motifs is 1. The van der Waals surface area contributed by atoms with Gasteiger partial charge in [0.25, 0.3) is 10.0 Å². The summed E-state index contributed by atoms with van der Waals surface area (Å²) in [6.45, 7) is 5.54. The SMILES string of the molecule is Cc1ccc(S(=O)(=O)OC(=CC(C)C)c2cc3cccnc3n2S(=O)(=O)c2ccccc2)cc1. The molecule has 34 heavy (non-hydrogen) atoms. The van der Waals surface area contributed by atoms with Crippen LogP contribution in [-0.4, -0.2) is 25.8 Å². The van der Waals surface area contributed by atoms with Crippen LogP contribution < -0.4 is 0 Å². The van der Waals surface area contributed by atoms with Crippen molar-refractivity contribution in [2.75, 3.05) is 0 Å². The Balaban J connectivity index is 1.94. The van der Waals surface area contributed by atoms with Gasteiger partial charge >= 0.3 is 10.1 Å². The zero-order valence-electron chi connectivity index (χ0n) is 18.9. The highest BCUT2D eigenvalue weighted by Gasteiger charge is 2.29. The van der Waals surface area contributed by atoms with Crippen molar-refractivity contribution in [2.24, 2.45) is 5.92 Å². The number of aryl methyl sites for hydroxylation is 1. The smallest absolute Gasteiger partial charge is 0.339 e. The molecule has 0 N–H and O–H groups in total. The maximum absolute atomic E-state index is 13.7. The molecule has 0 aliphatic carbocycles. The van der Waals surface area contributed by atoms with Crippen molar-refractivity contribution < 1.29 is 21.0 Å². The van der Waals surface area contributed by atoms with Gasteiger partial charge in [0.1, 0.15) is 10.6 Å². The van der Waals surface area contributed by atoms with Crippen LogP contribution >= 0.6 is 0 Å². The lowest BCUT2D eigenvalue weighted by Gasteiger charge is -2.16. The number of aromatic nitrogens is 2. The van der Waals surface area contributed by atoms with E-state index in [1.54, 1.807) is 54.6 Å². The molecule has 0 radical (unpaired) electrons. The van der Waals surface area contributed by atoms with Gasteiger partial charge in [-0.25, -0.2) is 17.4 Å². The van der Waals surface area contributed by atoms with Crippen LogP contribution in [0.2, 0.25) is 0 Å². The molecule has 4 rings (SSSR count). The number of nitrogens with zero attached hydrogens (tertiary/aromatic N) is 2. The molecule has 4 aromatic rings. The van der Waals surface area contributed by atoms with Gasteiger partial charge in [0.15, 0.2) is 11.4 Å². The van der Waals surface area contributed by atoms with E-state index in [9.17, 15) is 16.8 Å². The van der Waals surface area contributed by atoms with Crippen molar-refractivity contribution in [3.05, 3.63) is 96.3 Å². The molecule has 9 heteroatoms. The fourth-order valence-corrected chi connectivity index (χ4v) is 5.89. The zero-order chi connectivity index (χ0) is 24.5. The Morgan fingerprint density at radius 1 is 0.912 bits per heavy atom. The third kappa shape index (κ3) is 4.62. The molecule has 0 amide bonds. The Kier molecular flexibility index (Phi) is 6.33. The lowest BCUT2D eigenvalue weighted by molar-refractivity contribution is 0.459. The quantitative estimate of drug-likeness (QED) is 0.264. The first kappa shape index (κ1) is 23.7. The van der Waals surface area contributed by atoms with Crippen LogP contribution in [0.15, 0.2) is 94.9 Å². The van der Waals surface area contributed by atoms with Crippen molar-refractivity contribution in [2.45, 2.75) is 30.6 Å². The summed E-state index contributed by atoms with van der Waals surface area (Å²) in [6, 6.07) is 19.1. The molecule has 0 atom stereocenters. The van der Waals surface area contributed by atoms with Crippen LogP contribution in [0.4, 0.5) is 0 Å². The summed E-state index contributed by atoms with van der Waals surface area (Å²) in [4.78, 5) is 4.29. The number of rotatable bonds is 7. The van der Waals surface area contributed by atoms with Gasteiger partial charge < -0.3 is 4.18 Å². The molecule has 2 aromatic carbocycles. The largest absolute Gasteiger partial charge is 0.377 e. The molecule has 0 saturated carbocycles.